The maximum atomic E-state index is 14.1. The maximum Gasteiger partial charge on any atom is 0.410 e. The summed E-state index contributed by atoms with van der Waals surface area (Å²) in [7, 11) is 1.32. The normalized spacial score (nSPS) is 18.3. The standard InChI is InChI=1S/C22H25F2N3O3/c1-13-12-26(21(28)30-22(3,4)5)14(2)19-11-16(25-27(13)19)7-8-17-18(24)9-15(23)10-20(17)29-6/h9-11,13-14H,12H2,1-6H3/t13-,14+/m0/s1. The first-order valence-corrected chi connectivity index (χ1v) is 9.64. The molecule has 30 heavy (non-hydrogen) atoms. The lowest BCUT2D eigenvalue weighted by atomic mass is 10.1. The van der Waals surface area contributed by atoms with Crippen LogP contribution >= 0.6 is 0 Å². The van der Waals surface area contributed by atoms with E-state index >= 15 is 0 Å². The zero-order chi connectivity index (χ0) is 22.2. The van der Waals surface area contributed by atoms with Gasteiger partial charge in [-0.2, -0.15) is 5.10 Å². The first-order chi connectivity index (χ1) is 14.0. The van der Waals surface area contributed by atoms with E-state index in [0.717, 1.165) is 17.8 Å². The molecule has 1 aliphatic rings. The Balaban J connectivity index is 1.91. The molecule has 0 N–H and O–H groups in total. The van der Waals surface area contributed by atoms with Gasteiger partial charge in [-0.25, -0.2) is 13.6 Å². The van der Waals surface area contributed by atoms with E-state index in [4.69, 9.17) is 9.47 Å². The van der Waals surface area contributed by atoms with Gasteiger partial charge in [0, 0.05) is 18.7 Å². The number of ether oxygens (including phenoxy) is 2. The fraction of sp³-hybridized carbons (Fsp3) is 0.455. The number of halogens is 2. The van der Waals surface area contributed by atoms with E-state index in [0.29, 0.717) is 12.2 Å². The van der Waals surface area contributed by atoms with Crippen LogP contribution in [-0.4, -0.2) is 40.0 Å². The molecule has 8 heteroatoms. The van der Waals surface area contributed by atoms with Crippen molar-refractivity contribution in [3.63, 3.8) is 0 Å². The molecule has 0 radical (unpaired) electrons. The summed E-state index contributed by atoms with van der Waals surface area (Å²) >= 11 is 0. The van der Waals surface area contributed by atoms with Crippen LogP contribution in [0.2, 0.25) is 0 Å². The number of benzene rings is 1. The highest BCUT2D eigenvalue weighted by atomic mass is 19.1. The third-order valence-electron chi connectivity index (χ3n) is 4.72. The van der Waals surface area contributed by atoms with E-state index in [1.54, 1.807) is 11.0 Å². The van der Waals surface area contributed by atoms with Crippen molar-refractivity contribution >= 4 is 6.09 Å². The minimum atomic E-state index is -0.804. The molecule has 1 amide bonds. The van der Waals surface area contributed by atoms with E-state index < -0.39 is 17.2 Å². The molecule has 0 spiro atoms. The topological polar surface area (TPSA) is 56.6 Å². The third-order valence-corrected chi connectivity index (χ3v) is 4.72. The number of methoxy groups -OCH3 is 1. The Morgan fingerprint density at radius 1 is 1.20 bits per heavy atom. The molecule has 1 aromatic heterocycles. The highest BCUT2D eigenvalue weighted by Crippen LogP contribution is 2.32. The molecule has 1 aromatic carbocycles. The molecule has 0 saturated heterocycles. The summed E-state index contributed by atoms with van der Waals surface area (Å²) in [5.41, 5.74) is 0.587. The summed E-state index contributed by atoms with van der Waals surface area (Å²) in [5.74, 6) is 3.97. The lowest BCUT2D eigenvalue weighted by Gasteiger charge is -2.38. The molecule has 2 atom stereocenters. The van der Waals surface area contributed by atoms with Crippen LogP contribution in [0.5, 0.6) is 5.75 Å². The van der Waals surface area contributed by atoms with Gasteiger partial charge in [-0.15, -0.1) is 0 Å². The van der Waals surface area contributed by atoms with E-state index in [2.05, 4.69) is 16.9 Å². The summed E-state index contributed by atoms with van der Waals surface area (Å²) in [6, 6.07) is 3.24. The molecule has 0 fully saturated rings. The van der Waals surface area contributed by atoms with Gasteiger partial charge in [0.2, 0.25) is 0 Å². The maximum absolute atomic E-state index is 14.1. The monoisotopic (exact) mass is 417 g/mol. The summed E-state index contributed by atoms with van der Waals surface area (Å²) in [6.45, 7) is 9.75. The van der Waals surface area contributed by atoms with Crippen molar-refractivity contribution in [3.05, 3.63) is 46.8 Å². The molecule has 1 aliphatic heterocycles. The highest BCUT2D eigenvalue weighted by Gasteiger charge is 2.35. The van der Waals surface area contributed by atoms with E-state index in [1.807, 2.05) is 39.3 Å². The van der Waals surface area contributed by atoms with Gasteiger partial charge in [-0.05, 0) is 46.6 Å². The minimum absolute atomic E-state index is 0.0156. The van der Waals surface area contributed by atoms with E-state index in [-0.39, 0.29) is 29.5 Å². The van der Waals surface area contributed by atoms with Crippen molar-refractivity contribution in [1.29, 1.82) is 0 Å². The van der Waals surface area contributed by atoms with Crippen LogP contribution in [0, 0.1) is 23.5 Å². The van der Waals surface area contributed by atoms with Gasteiger partial charge in [0.1, 0.15) is 34.2 Å². The molecule has 6 nitrogen and oxygen atoms in total. The van der Waals surface area contributed by atoms with Crippen molar-refractivity contribution in [2.24, 2.45) is 0 Å². The van der Waals surface area contributed by atoms with Gasteiger partial charge < -0.3 is 9.47 Å². The Hall–Kier alpha value is -3.08. The zero-order valence-electron chi connectivity index (χ0n) is 17.9. The Bertz CT molecular complexity index is 1030. The second kappa shape index (κ2) is 7.98. The second-order valence-electron chi connectivity index (χ2n) is 8.27. The molecule has 0 saturated carbocycles. The van der Waals surface area contributed by atoms with E-state index in [9.17, 15) is 13.6 Å². The Morgan fingerprint density at radius 3 is 2.53 bits per heavy atom. The van der Waals surface area contributed by atoms with Crippen molar-refractivity contribution in [1.82, 2.24) is 14.7 Å². The average molecular weight is 417 g/mol. The summed E-state index contributed by atoms with van der Waals surface area (Å²) in [6.07, 6.45) is -0.389. The van der Waals surface area contributed by atoms with Crippen molar-refractivity contribution < 1.29 is 23.0 Å². The number of hydrogen-bond donors (Lipinski definition) is 0. The zero-order valence-corrected chi connectivity index (χ0v) is 17.9. The molecular formula is C22H25F2N3O3. The lowest BCUT2D eigenvalue weighted by Crippen LogP contribution is -2.45. The second-order valence-corrected chi connectivity index (χ2v) is 8.27. The van der Waals surface area contributed by atoms with Crippen LogP contribution in [-0.2, 0) is 4.74 Å². The van der Waals surface area contributed by atoms with Crippen molar-refractivity contribution in [2.75, 3.05) is 13.7 Å². The largest absolute Gasteiger partial charge is 0.495 e. The summed E-state index contributed by atoms with van der Waals surface area (Å²) in [4.78, 5) is 14.3. The van der Waals surface area contributed by atoms with E-state index in [1.165, 1.54) is 7.11 Å². The smallest absolute Gasteiger partial charge is 0.410 e. The molecule has 0 bridgehead atoms. The van der Waals surface area contributed by atoms with Crippen LogP contribution in [0.4, 0.5) is 13.6 Å². The number of rotatable bonds is 1. The minimum Gasteiger partial charge on any atom is -0.495 e. The Morgan fingerprint density at radius 2 is 1.90 bits per heavy atom. The molecule has 2 aromatic rings. The molecular weight excluding hydrogens is 392 g/mol. The predicted octanol–water partition coefficient (Wildman–Crippen LogP) is 4.44. The van der Waals surface area contributed by atoms with Crippen LogP contribution in [0.25, 0.3) is 0 Å². The summed E-state index contributed by atoms with van der Waals surface area (Å²) in [5, 5.41) is 4.50. The van der Waals surface area contributed by atoms with Gasteiger partial charge in [-0.3, -0.25) is 9.58 Å². The number of amides is 1. The van der Waals surface area contributed by atoms with Gasteiger partial charge in [0.25, 0.3) is 0 Å². The van der Waals surface area contributed by atoms with Crippen molar-refractivity contribution in [3.8, 4) is 17.6 Å². The fourth-order valence-corrected chi connectivity index (χ4v) is 3.33. The molecule has 0 unspecified atom stereocenters. The Kier molecular flexibility index (Phi) is 5.75. The summed E-state index contributed by atoms with van der Waals surface area (Å²) < 4.78 is 39.9. The van der Waals surface area contributed by atoms with Gasteiger partial charge >= 0.3 is 6.09 Å². The highest BCUT2D eigenvalue weighted by molar-refractivity contribution is 5.69. The first kappa shape index (κ1) is 21.6. The van der Waals surface area contributed by atoms with Gasteiger partial charge in [-0.1, -0.05) is 5.92 Å². The van der Waals surface area contributed by atoms with Gasteiger partial charge in [0.15, 0.2) is 0 Å². The Labute approximate surface area is 174 Å². The number of carbonyl (C=O) groups excluding carboxylic acids is 1. The lowest BCUT2D eigenvalue weighted by molar-refractivity contribution is 0.00864. The third kappa shape index (κ3) is 4.40. The van der Waals surface area contributed by atoms with Crippen LogP contribution in [0.3, 0.4) is 0 Å². The fourth-order valence-electron chi connectivity index (χ4n) is 3.33. The number of hydrogen-bond acceptors (Lipinski definition) is 4. The van der Waals surface area contributed by atoms with Crippen LogP contribution in [0.1, 0.15) is 63.7 Å². The van der Waals surface area contributed by atoms with Crippen LogP contribution < -0.4 is 4.74 Å². The molecule has 0 aliphatic carbocycles. The first-order valence-electron chi connectivity index (χ1n) is 9.64. The number of carbonyl (C=O) groups is 1. The molecule has 3 rings (SSSR count). The van der Waals surface area contributed by atoms with Crippen LogP contribution in [0.15, 0.2) is 18.2 Å². The molecule has 2 heterocycles. The molecule has 160 valence electrons. The SMILES string of the molecule is COc1cc(F)cc(F)c1C#Cc1cc2n(n1)[C@@H](C)CN(C(=O)OC(C)(C)C)[C@@H]2C. The van der Waals surface area contributed by atoms with Crippen molar-refractivity contribution in [2.45, 2.75) is 52.3 Å². The average Bonchev–Trinajstić information content (AvgIpc) is 3.07. The number of aromatic nitrogens is 2. The quantitative estimate of drug-likeness (QED) is 0.644. The van der Waals surface area contributed by atoms with Gasteiger partial charge in [0.05, 0.1) is 24.9 Å². The predicted molar refractivity (Wildman–Crippen MR) is 107 cm³/mol. The number of nitrogens with zero attached hydrogens (tertiary/aromatic N) is 3. The number of fused-ring (bicyclic) bond motifs is 1.